The Morgan fingerprint density at radius 2 is 0.797 bits per heavy atom. The Kier molecular flexibility index (Phi) is 28.3. The van der Waals surface area contributed by atoms with E-state index >= 15 is 0 Å². The van der Waals surface area contributed by atoms with Crippen LogP contribution in [-0.4, -0.2) is 178 Å². The molecule has 24 nitrogen and oxygen atoms in total. The molecule has 2 heterocycles. The highest BCUT2D eigenvalue weighted by atomic mass is 35.5. The lowest BCUT2D eigenvalue weighted by Crippen LogP contribution is -2.36. The van der Waals surface area contributed by atoms with Gasteiger partial charge >= 0.3 is 42.9 Å². The number of alkyl halides is 1. The number of aliphatic hydroxyl groups is 4. The first-order valence-corrected chi connectivity index (χ1v) is 18.5. The summed E-state index contributed by atoms with van der Waals surface area (Å²) in [5.74, 6) is 0.0799. The van der Waals surface area contributed by atoms with E-state index in [2.05, 4.69) is 33.2 Å². The van der Waals surface area contributed by atoms with Gasteiger partial charge in [-0.25, -0.2) is 28.8 Å². The second kappa shape index (κ2) is 30.6. The Balaban J connectivity index is 0.000000974. The highest BCUT2D eigenvalue weighted by Crippen LogP contribution is 2.31. The van der Waals surface area contributed by atoms with Crippen LogP contribution in [0.4, 0.5) is 28.8 Å². The van der Waals surface area contributed by atoms with Crippen molar-refractivity contribution in [2.24, 2.45) is 11.8 Å². The predicted octanol–water partition coefficient (Wildman–Crippen LogP) is 1.98. The number of aliphatic hydroxyl groups excluding tert-OH is 4. The van der Waals surface area contributed by atoms with Crippen molar-refractivity contribution in [3.63, 3.8) is 0 Å². The van der Waals surface area contributed by atoms with Crippen LogP contribution in [0.5, 0.6) is 0 Å². The summed E-state index contributed by atoms with van der Waals surface area (Å²) < 4.78 is 61.3. The zero-order valence-electron chi connectivity index (χ0n) is 33.7. The predicted molar refractivity (Wildman–Crippen MR) is 192 cm³/mol. The Labute approximate surface area is 344 Å². The number of fused-ring (bicyclic) bond motifs is 1. The maximum atomic E-state index is 11.6. The summed E-state index contributed by atoms with van der Waals surface area (Å²) in [5.41, 5.74) is 0. The third kappa shape index (κ3) is 28.6. The van der Waals surface area contributed by atoms with E-state index < -0.39 is 85.8 Å². The summed E-state index contributed by atoms with van der Waals surface area (Å²) >= 11 is 5.49. The van der Waals surface area contributed by atoms with Crippen LogP contribution in [0.2, 0.25) is 0 Å². The van der Waals surface area contributed by atoms with Crippen molar-refractivity contribution in [1.29, 1.82) is 0 Å². The molecule has 2 saturated heterocycles. The number of ether oxygens (including phenoxy) is 13. The molecule has 342 valence electrons. The molecule has 2 rings (SSSR count). The van der Waals surface area contributed by atoms with Crippen molar-refractivity contribution in [2.75, 3.05) is 65.3 Å². The Morgan fingerprint density at radius 1 is 0.492 bits per heavy atom. The van der Waals surface area contributed by atoms with Crippen molar-refractivity contribution in [3.05, 3.63) is 0 Å². The lowest BCUT2D eigenvalue weighted by Gasteiger charge is -2.16. The van der Waals surface area contributed by atoms with Crippen LogP contribution in [0, 0.1) is 11.8 Å². The third-order valence-electron chi connectivity index (χ3n) is 6.37. The molecule has 0 aliphatic carbocycles. The van der Waals surface area contributed by atoms with Gasteiger partial charge in [-0.3, -0.25) is 4.79 Å². The second-order valence-corrected chi connectivity index (χ2v) is 13.4. The molecule has 10 unspecified atom stereocenters. The van der Waals surface area contributed by atoms with Gasteiger partial charge in [-0.05, 0) is 27.7 Å². The molecule has 10 atom stereocenters. The standard InChI is InChI=1S/C16H22O14.C10H18O6.C8H15ClO4/c1-7(17)3-25-13(19)29-15(21)27-9-5-23-12-10(6-24-11(9)12)28-16(22)30-14(20)26-4-8(2)18;1-7(4-14-9(3)12)5-15-10(13)16-6-8(2)11;1-6(3-9)4-12-8(11)13-5-7(2)10/h7-12,17-18H,3-6H2,1-2H3;7-8,11H,4-6H2,1-3H3;6-7,10H,3-5H2,1-2H3. The molecule has 0 amide bonds. The van der Waals surface area contributed by atoms with Crippen LogP contribution in [0.1, 0.15) is 48.5 Å². The first kappa shape index (κ1) is 54.5. The van der Waals surface area contributed by atoms with E-state index in [9.17, 15) is 33.6 Å². The van der Waals surface area contributed by atoms with Gasteiger partial charge in [0, 0.05) is 24.6 Å². The molecular formula is C34H55ClO24. The Hall–Kier alpha value is -4.46. The summed E-state index contributed by atoms with van der Waals surface area (Å²) in [4.78, 5) is 78.0. The molecule has 2 fully saturated rings. The number of rotatable bonds is 17. The van der Waals surface area contributed by atoms with Crippen molar-refractivity contribution in [3.8, 4) is 0 Å². The summed E-state index contributed by atoms with van der Waals surface area (Å²) in [6.07, 6.45) is -13.9. The molecule has 0 aromatic heterocycles. The zero-order chi connectivity index (χ0) is 45.1. The van der Waals surface area contributed by atoms with Crippen LogP contribution in [0.15, 0.2) is 0 Å². The molecule has 0 spiro atoms. The molecule has 2 aliphatic heterocycles. The van der Waals surface area contributed by atoms with Crippen LogP contribution in [0.3, 0.4) is 0 Å². The fourth-order valence-electron chi connectivity index (χ4n) is 3.73. The topological polar surface area (TPSA) is 320 Å². The van der Waals surface area contributed by atoms with Gasteiger partial charge in [-0.1, -0.05) is 13.8 Å². The van der Waals surface area contributed by atoms with E-state index in [0.29, 0.717) is 5.88 Å². The van der Waals surface area contributed by atoms with E-state index in [4.69, 9.17) is 60.4 Å². The van der Waals surface area contributed by atoms with E-state index in [1.807, 2.05) is 6.92 Å². The molecule has 25 heteroatoms. The maximum absolute atomic E-state index is 11.6. The minimum atomic E-state index is -1.37. The summed E-state index contributed by atoms with van der Waals surface area (Å²) in [5, 5.41) is 35.6. The van der Waals surface area contributed by atoms with Gasteiger partial charge < -0.3 is 82.0 Å². The Morgan fingerprint density at radius 3 is 1.12 bits per heavy atom. The van der Waals surface area contributed by atoms with E-state index in [-0.39, 0.29) is 77.3 Å². The van der Waals surface area contributed by atoms with Gasteiger partial charge in [0.2, 0.25) is 0 Å². The van der Waals surface area contributed by atoms with E-state index in [1.165, 1.54) is 34.6 Å². The Bertz CT molecular complexity index is 1220. The largest absolute Gasteiger partial charge is 0.519 e. The van der Waals surface area contributed by atoms with Gasteiger partial charge in [0.05, 0.1) is 50.8 Å². The molecular weight excluding hydrogens is 828 g/mol. The molecule has 59 heavy (non-hydrogen) atoms. The number of carbonyl (C=O) groups is 7. The van der Waals surface area contributed by atoms with Gasteiger partial charge in [0.15, 0.2) is 12.2 Å². The van der Waals surface area contributed by atoms with Crippen molar-refractivity contribution in [1.82, 2.24) is 0 Å². The first-order chi connectivity index (χ1) is 27.6. The number of halogens is 1. The van der Waals surface area contributed by atoms with Crippen molar-refractivity contribution in [2.45, 2.75) is 97.3 Å². The quantitative estimate of drug-likeness (QED) is 0.0702. The fraction of sp³-hybridized carbons (Fsp3) is 0.794. The van der Waals surface area contributed by atoms with E-state index in [1.54, 1.807) is 6.92 Å². The van der Waals surface area contributed by atoms with Crippen LogP contribution in [0.25, 0.3) is 0 Å². The van der Waals surface area contributed by atoms with Crippen molar-refractivity contribution >= 4 is 54.5 Å². The van der Waals surface area contributed by atoms with Crippen LogP contribution in [-0.2, 0) is 66.4 Å². The highest BCUT2D eigenvalue weighted by Gasteiger charge is 2.52. The van der Waals surface area contributed by atoms with E-state index in [0.717, 1.165) is 0 Å². The molecule has 0 bridgehead atoms. The van der Waals surface area contributed by atoms with Gasteiger partial charge in [-0.2, -0.15) is 0 Å². The monoisotopic (exact) mass is 882 g/mol. The zero-order valence-corrected chi connectivity index (χ0v) is 34.4. The lowest BCUT2D eigenvalue weighted by atomic mass is 10.1. The number of hydrogen-bond acceptors (Lipinski definition) is 24. The maximum Gasteiger partial charge on any atom is 0.519 e. The molecule has 2 aliphatic rings. The normalized spacial score (nSPS) is 20.5. The molecule has 0 aromatic carbocycles. The average molecular weight is 883 g/mol. The lowest BCUT2D eigenvalue weighted by molar-refractivity contribution is -0.142. The minimum absolute atomic E-state index is 0.0475. The van der Waals surface area contributed by atoms with Gasteiger partial charge in [0.1, 0.15) is 45.2 Å². The van der Waals surface area contributed by atoms with Gasteiger partial charge in [-0.15, -0.1) is 11.6 Å². The summed E-state index contributed by atoms with van der Waals surface area (Å²) in [6.45, 7) is 10.1. The van der Waals surface area contributed by atoms with Crippen molar-refractivity contribution < 1.29 is 116 Å². The molecule has 0 saturated carbocycles. The summed E-state index contributed by atoms with van der Waals surface area (Å²) in [6, 6.07) is 0. The minimum Gasteiger partial charge on any atom is -0.465 e. The summed E-state index contributed by atoms with van der Waals surface area (Å²) in [7, 11) is 0. The number of esters is 1. The van der Waals surface area contributed by atoms with Crippen LogP contribution < -0.4 is 0 Å². The average Bonchev–Trinajstić information content (AvgIpc) is 3.74. The second-order valence-electron chi connectivity index (χ2n) is 13.0. The smallest absolute Gasteiger partial charge is 0.465 e. The highest BCUT2D eigenvalue weighted by molar-refractivity contribution is 6.18. The number of hydrogen-bond donors (Lipinski definition) is 4. The SMILES string of the molecule is CC(=O)OCC(C)COC(=O)OCC(C)O.CC(O)COC(=O)OC(=O)OC1COC2C(OC(=O)OC(=O)OCC(C)O)COC12.CC(O)COC(=O)OCC(C)CCl. The van der Waals surface area contributed by atoms with Gasteiger partial charge in [0.25, 0.3) is 0 Å². The third-order valence-corrected chi connectivity index (χ3v) is 6.89. The molecule has 0 radical (unpaired) electrons. The first-order valence-electron chi connectivity index (χ1n) is 18.0. The molecule has 0 aromatic rings. The number of carbonyl (C=O) groups excluding carboxylic acids is 7. The van der Waals surface area contributed by atoms with Crippen LogP contribution >= 0.6 is 11.6 Å². The fourth-order valence-corrected chi connectivity index (χ4v) is 3.82. The molecule has 4 N–H and O–H groups in total.